The molecule has 1 aromatic rings. The molecule has 5 heteroatoms. The summed E-state index contributed by atoms with van der Waals surface area (Å²) in [5.41, 5.74) is 5.30. The van der Waals surface area contributed by atoms with E-state index in [-0.39, 0.29) is 0 Å². The molecule has 0 aliphatic heterocycles. The van der Waals surface area contributed by atoms with Crippen LogP contribution in [0.25, 0.3) is 0 Å². The molecule has 3 N–H and O–H groups in total. The van der Waals surface area contributed by atoms with Crippen LogP contribution in [0.1, 0.15) is 10.9 Å². The Hall–Kier alpha value is -0.580. The molecule has 1 unspecified atom stereocenters. The summed E-state index contributed by atoms with van der Waals surface area (Å²) >= 11 is 6.82. The Morgan fingerprint density at radius 1 is 1.82 bits per heavy atom. The largest absolute Gasteiger partial charge is 0.480 e. The number of rotatable bonds is 2. The van der Waals surface area contributed by atoms with Gasteiger partial charge in [0.25, 0.3) is 0 Å². The van der Waals surface area contributed by atoms with Gasteiger partial charge in [-0.05, 0) is 6.07 Å². The third-order valence-electron chi connectivity index (χ3n) is 1.16. The fourth-order valence-corrected chi connectivity index (χ4v) is 1.69. The fourth-order valence-electron chi connectivity index (χ4n) is 0.613. The molecule has 0 aromatic carbocycles. The zero-order valence-corrected chi connectivity index (χ0v) is 7.02. The summed E-state index contributed by atoms with van der Waals surface area (Å²) in [5.74, 6) is -1.04. The molecule has 0 aliphatic carbocycles. The molecule has 0 bridgehead atoms. The molecule has 0 fully saturated rings. The van der Waals surface area contributed by atoms with Crippen molar-refractivity contribution in [1.82, 2.24) is 0 Å². The summed E-state index contributed by atoms with van der Waals surface area (Å²) in [5, 5.41) is 10.7. The van der Waals surface area contributed by atoms with Crippen molar-refractivity contribution in [1.29, 1.82) is 0 Å². The summed E-state index contributed by atoms with van der Waals surface area (Å²) < 4.78 is 0. The highest BCUT2D eigenvalue weighted by atomic mass is 35.5. The van der Waals surface area contributed by atoms with Gasteiger partial charge in [-0.25, -0.2) is 0 Å². The molecule has 0 aliphatic rings. The maximum Gasteiger partial charge on any atom is 0.325 e. The van der Waals surface area contributed by atoms with Crippen LogP contribution in [-0.4, -0.2) is 11.1 Å². The number of aliphatic carboxylic acids is 1. The minimum atomic E-state index is -1.04. The van der Waals surface area contributed by atoms with Crippen LogP contribution in [0.5, 0.6) is 0 Å². The second kappa shape index (κ2) is 3.21. The number of thiophene rings is 1. The third kappa shape index (κ3) is 1.92. The van der Waals surface area contributed by atoms with Crippen LogP contribution >= 0.6 is 22.9 Å². The smallest absolute Gasteiger partial charge is 0.325 e. The van der Waals surface area contributed by atoms with E-state index >= 15 is 0 Å². The Morgan fingerprint density at radius 3 is 2.82 bits per heavy atom. The first-order valence-electron chi connectivity index (χ1n) is 2.83. The van der Waals surface area contributed by atoms with E-state index in [1.165, 1.54) is 11.3 Å². The van der Waals surface area contributed by atoms with Crippen molar-refractivity contribution in [3.8, 4) is 0 Å². The molecule has 3 nitrogen and oxygen atoms in total. The van der Waals surface area contributed by atoms with Crippen molar-refractivity contribution < 1.29 is 9.90 Å². The lowest BCUT2D eigenvalue weighted by Crippen LogP contribution is -2.19. The van der Waals surface area contributed by atoms with Crippen molar-refractivity contribution in [2.24, 2.45) is 5.73 Å². The van der Waals surface area contributed by atoms with Crippen LogP contribution in [0, 0.1) is 0 Å². The highest BCUT2D eigenvalue weighted by Gasteiger charge is 2.15. The van der Waals surface area contributed by atoms with E-state index in [0.29, 0.717) is 9.90 Å². The van der Waals surface area contributed by atoms with Gasteiger partial charge in [0.15, 0.2) is 0 Å². The molecule has 0 saturated heterocycles. The van der Waals surface area contributed by atoms with Gasteiger partial charge in [0, 0.05) is 10.3 Å². The number of carboxylic acid groups (broad SMARTS) is 1. The summed E-state index contributed by atoms with van der Waals surface area (Å²) in [4.78, 5) is 10.9. The average Bonchev–Trinajstić information content (AvgIpc) is 2.34. The zero-order valence-electron chi connectivity index (χ0n) is 5.45. The van der Waals surface area contributed by atoms with E-state index in [1.807, 2.05) is 0 Å². The Kier molecular flexibility index (Phi) is 2.49. The van der Waals surface area contributed by atoms with Gasteiger partial charge in [0.2, 0.25) is 0 Å². The summed E-state index contributed by atoms with van der Waals surface area (Å²) in [6.07, 6.45) is 0. The van der Waals surface area contributed by atoms with Gasteiger partial charge in [-0.1, -0.05) is 11.6 Å². The topological polar surface area (TPSA) is 63.3 Å². The normalized spacial score (nSPS) is 12.9. The van der Waals surface area contributed by atoms with Crippen molar-refractivity contribution in [3.05, 3.63) is 21.3 Å². The Morgan fingerprint density at radius 2 is 2.45 bits per heavy atom. The van der Waals surface area contributed by atoms with Crippen LogP contribution in [0.15, 0.2) is 11.4 Å². The fraction of sp³-hybridized carbons (Fsp3) is 0.167. The zero-order chi connectivity index (χ0) is 8.43. The second-order valence-electron chi connectivity index (χ2n) is 1.98. The van der Waals surface area contributed by atoms with E-state index in [2.05, 4.69) is 0 Å². The first kappa shape index (κ1) is 8.52. The molecule has 0 amide bonds. The molecule has 60 valence electrons. The molecule has 1 aromatic heterocycles. The molecule has 11 heavy (non-hydrogen) atoms. The first-order valence-corrected chi connectivity index (χ1v) is 4.09. The lowest BCUT2D eigenvalue weighted by atomic mass is 10.3. The number of hydrogen-bond acceptors (Lipinski definition) is 3. The molecule has 0 saturated carbocycles. The van der Waals surface area contributed by atoms with Gasteiger partial charge in [0.1, 0.15) is 6.04 Å². The van der Waals surface area contributed by atoms with E-state index in [4.69, 9.17) is 22.4 Å². The maximum atomic E-state index is 10.3. The van der Waals surface area contributed by atoms with Crippen LogP contribution in [-0.2, 0) is 4.79 Å². The van der Waals surface area contributed by atoms with Gasteiger partial charge in [-0.15, -0.1) is 11.3 Å². The number of halogens is 1. The molecule has 0 spiro atoms. The number of hydrogen-bond donors (Lipinski definition) is 2. The highest BCUT2D eigenvalue weighted by Crippen LogP contribution is 2.23. The third-order valence-corrected chi connectivity index (χ3v) is 2.52. The van der Waals surface area contributed by atoms with Crippen LogP contribution in [0.4, 0.5) is 0 Å². The number of nitrogens with two attached hydrogens (primary N) is 1. The van der Waals surface area contributed by atoms with E-state index in [9.17, 15) is 4.79 Å². The van der Waals surface area contributed by atoms with Crippen molar-refractivity contribution >= 4 is 28.9 Å². The predicted octanol–water partition coefficient (Wildman–Crippen LogP) is 1.49. The van der Waals surface area contributed by atoms with E-state index in [1.54, 1.807) is 11.4 Å². The van der Waals surface area contributed by atoms with Crippen molar-refractivity contribution in [3.63, 3.8) is 0 Å². The van der Waals surface area contributed by atoms with E-state index < -0.39 is 12.0 Å². The van der Waals surface area contributed by atoms with Gasteiger partial charge in [-0.3, -0.25) is 4.79 Å². The van der Waals surface area contributed by atoms with Gasteiger partial charge >= 0.3 is 5.97 Å². The monoisotopic (exact) mass is 191 g/mol. The SMILES string of the molecule is NC(C(=O)O)c1cc(Cl)cs1. The predicted molar refractivity (Wildman–Crippen MR) is 43.9 cm³/mol. The van der Waals surface area contributed by atoms with Gasteiger partial charge in [0.05, 0.1) is 5.02 Å². The maximum absolute atomic E-state index is 10.3. The average molecular weight is 192 g/mol. The Bertz CT molecular complexity index is 273. The highest BCUT2D eigenvalue weighted by molar-refractivity contribution is 7.10. The standard InChI is InChI=1S/C6H6ClNO2S/c7-3-1-4(11-2-3)5(8)6(9)10/h1-2,5H,8H2,(H,9,10). The molecular weight excluding hydrogens is 186 g/mol. The summed E-state index contributed by atoms with van der Waals surface area (Å²) in [6, 6.07) is 0.609. The van der Waals surface area contributed by atoms with E-state index in [0.717, 1.165) is 0 Å². The van der Waals surface area contributed by atoms with Crippen LogP contribution in [0.2, 0.25) is 5.02 Å². The first-order chi connectivity index (χ1) is 5.11. The van der Waals surface area contributed by atoms with Crippen LogP contribution in [0.3, 0.4) is 0 Å². The number of carbonyl (C=O) groups is 1. The lowest BCUT2D eigenvalue weighted by Gasteiger charge is -2.00. The number of carboxylic acids is 1. The van der Waals surface area contributed by atoms with Gasteiger partial charge < -0.3 is 10.8 Å². The minimum absolute atomic E-state index is 0.529. The summed E-state index contributed by atoms with van der Waals surface area (Å²) in [6.45, 7) is 0. The van der Waals surface area contributed by atoms with Gasteiger partial charge in [-0.2, -0.15) is 0 Å². The van der Waals surface area contributed by atoms with Crippen molar-refractivity contribution in [2.75, 3.05) is 0 Å². The second-order valence-corrected chi connectivity index (χ2v) is 3.36. The Labute approximate surface area is 72.4 Å². The summed E-state index contributed by atoms with van der Waals surface area (Å²) in [7, 11) is 0. The van der Waals surface area contributed by atoms with Crippen LogP contribution < -0.4 is 5.73 Å². The molecule has 1 atom stereocenters. The lowest BCUT2D eigenvalue weighted by molar-refractivity contribution is -0.138. The minimum Gasteiger partial charge on any atom is -0.480 e. The molecule has 1 rings (SSSR count). The quantitative estimate of drug-likeness (QED) is 0.745. The molecular formula is C6H6ClNO2S. The van der Waals surface area contributed by atoms with Crippen molar-refractivity contribution in [2.45, 2.75) is 6.04 Å². The molecule has 0 radical (unpaired) electrons. The Balaban J connectivity index is 2.84. The molecule has 1 heterocycles.